The predicted molar refractivity (Wildman–Crippen MR) is 84.9 cm³/mol. The highest BCUT2D eigenvalue weighted by molar-refractivity contribution is 5.99. The second-order valence-electron chi connectivity index (χ2n) is 6.55. The van der Waals surface area contributed by atoms with E-state index in [-0.39, 0.29) is 30.8 Å². The minimum atomic E-state index is -1.40. The van der Waals surface area contributed by atoms with E-state index in [9.17, 15) is 14.3 Å². The number of aliphatic hydroxyl groups is 2. The molecule has 2 unspecified atom stereocenters. The number of hydrogen-bond acceptors (Lipinski definition) is 3. The van der Waals surface area contributed by atoms with E-state index in [1.165, 1.54) is 6.92 Å². The third-order valence-corrected chi connectivity index (χ3v) is 4.47. The van der Waals surface area contributed by atoms with Crippen molar-refractivity contribution >= 4 is 5.78 Å². The first-order valence-corrected chi connectivity index (χ1v) is 7.44. The SMILES string of the molecule is CC1=C(C(C)F)C(=O)CC(C)(C)C1(O)CC#C/C(C)=C\CO. The van der Waals surface area contributed by atoms with E-state index < -0.39 is 17.2 Å². The van der Waals surface area contributed by atoms with Crippen LogP contribution in [0.1, 0.15) is 47.5 Å². The first kappa shape index (κ1) is 18.6. The molecule has 122 valence electrons. The molecule has 0 bridgehead atoms. The fourth-order valence-corrected chi connectivity index (χ4v) is 2.97. The fourth-order valence-electron chi connectivity index (χ4n) is 2.97. The number of aliphatic hydroxyl groups excluding tert-OH is 1. The van der Waals surface area contributed by atoms with Gasteiger partial charge in [0.1, 0.15) is 11.8 Å². The van der Waals surface area contributed by atoms with Gasteiger partial charge in [-0.3, -0.25) is 4.79 Å². The molecule has 0 fully saturated rings. The summed E-state index contributed by atoms with van der Waals surface area (Å²) in [5.74, 6) is 5.51. The summed E-state index contributed by atoms with van der Waals surface area (Å²) in [5.41, 5.74) is -0.900. The minimum absolute atomic E-state index is 0.0752. The van der Waals surface area contributed by atoms with Crippen molar-refractivity contribution < 1.29 is 19.4 Å². The lowest BCUT2D eigenvalue weighted by Gasteiger charge is -2.46. The number of ketones is 1. The summed E-state index contributed by atoms with van der Waals surface area (Å²) in [6, 6.07) is 0. The second-order valence-corrected chi connectivity index (χ2v) is 6.55. The number of Topliss-reactive ketones (excluding diaryl/α,β-unsaturated/α-hetero) is 1. The van der Waals surface area contributed by atoms with Gasteiger partial charge in [0.2, 0.25) is 0 Å². The number of halogens is 1. The normalized spacial score (nSPS) is 26.5. The number of rotatable bonds is 3. The lowest BCUT2D eigenvalue weighted by Crippen LogP contribution is -2.51. The van der Waals surface area contributed by atoms with Gasteiger partial charge in [-0.25, -0.2) is 4.39 Å². The molecule has 0 heterocycles. The minimum Gasteiger partial charge on any atom is -0.392 e. The molecule has 0 spiro atoms. The summed E-state index contributed by atoms with van der Waals surface area (Å²) >= 11 is 0. The smallest absolute Gasteiger partial charge is 0.162 e. The Morgan fingerprint density at radius 1 is 1.50 bits per heavy atom. The van der Waals surface area contributed by atoms with Crippen molar-refractivity contribution in [2.45, 2.75) is 59.2 Å². The highest BCUT2D eigenvalue weighted by Gasteiger charge is 2.51. The highest BCUT2D eigenvalue weighted by atomic mass is 19.1. The van der Waals surface area contributed by atoms with Crippen LogP contribution in [-0.4, -0.2) is 34.4 Å². The Morgan fingerprint density at radius 2 is 2.09 bits per heavy atom. The molecule has 2 N–H and O–H groups in total. The van der Waals surface area contributed by atoms with Crippen LogP contribution in [0.5, 0.6) is 0 Å². The molecule has 22 heavy (non-hydrogen) atoms. The van der Waals surface area contributed by atoms with Crippen molar-refractivity contribution in [3.63, 3.8) is 0 Å². The molecule has 0 aromatic rings. The Kier molecular flexibility index (Phi) is 5.72. The Morgan fingerprint density at radius 3 is 2.59 bits per heavy atom. The van der Waals surface area contributed by atoms with Crippen LogP contribution in [0.3, 0.4) is 0 Å². The average Bonchev–Trinajstić information content (AvgIpc) is 2.36. The van der Waals surface area contributed by atoms with Crippen LogP contribution in [0.4, 0.5) is 4.39 Å². The van der Waals surface area contributed by atoms with Gasteiger partial charge < -0.3 is 10.2 Å². The maximum atomic E-state index is 13.8. The Labute approximate surface area is 131 Å². The molecule has 1 aliphatic rings. The molecule has 0 saturated carbocycles. The number of allylic oxidation sites excluding steroid dienone is 2. The van der Waals surface area contributed by atoms with Crippen LogP contribution >= 0.6 is 0 Å². The zero-order valence-corrected chi connectivity index (χ0v) is 14.0. The second kappa shape index (κ2) is 6.76. The Hall–Kier alpha value is -1.44. The quantitative estimate of drug-likeness (QED) is 0.788. The van der Waals surface area contributed by atoms with Crippen molar-refractivity contribution in [1.29, 1.82) is 0 Å². The van der Waals surface area contributed by atoms with Gasteiger partial charge in [0, 0.05) is 23.8 Å². The molecular formula is C18H25FO3. The predicted octanol–water partition coefficient (Wildman–Crippen LogP) is 2.72. The number of carbonyl (C=O) groups excluding carboxylic acids is 1. The number of carbonyl (C=O) groups is 1. The molecule has 1 aliphatic carbocycles. The van der Waals surface area contributed by atoms with Crippen molar-refractivity contribution in [3.05, 3.63) is 22.8 Å². The van der Waals surface area contributed by atoms with Crippen LogP contribution in [0.25, 0.3) is 0 Å². The molecule has 0 radical (unpaired) electrons. The summed E-state index contributed by atoms with van der Waals surface area (Å²) in [7, 11) is 0. The summed E-state index contributed by atoms with van der Waals surface area (Å²) in [4.78, 5) is 12.1. The van der Waals surface area contributed by atoms with Gasteiger partial charge in [0.15, 0.2) is 5.78 Å². The topological polar surface area (TPSA) is 57.5 Å². The highest BCUT2D eigenvalue weighted by Crippen LogP contribution is 2.48. The van der Waals surface area contributed by atoms with Crippen LogP contribution < -0.4 is 0 Å². The summed E-state index contributed by atoms with van der Waals surface area (Å²) in [5, 5.41) is 19.9. The lowest BCUT2D eigenvalue weighted by molar-refractivity contribution is -0.126. The molecule has 0 aromatic carbocycles. The first-order valence-electron chi connectivity index (χ1n) is 7.44. The third kappa shape index (κ3) is 3.48. The van der Waals surface area contributed by atoms with Crippen LogP contribution in [0.2, 0.25) is 0 Å². The van der Waals surface area contributed by atoms with Gasteiger partial charge in [-0.2, -0.15) is 0 Å². The van der Waals surface area contributed by atoms with Crippen molar-refractivity contribution in [2.75, 3.05) is 6.61 Å². The van der Waals surface area contributed by atoms with E-state index in [1.54, 1.807) is 33.8 Å². The lowest BCUT2D eigenvalue weighted by atomic mass is 9.61. The van der Waals surface area contributed by atoms with Crippen molar-refractivity contribution in [1.82, 2.24) is 0 Å². The Balaban J connectivity index is 3.26. The number of hydrogen-bond donors (Lipinski definition) is 2. The molecule has 4 heteroatoms. The van der Waals surface area contributed by atoms with Gasteiger partial charge in [0.25, 0.3) is 0 Å². The molecular weight excluding hydrogens is 283 g/mol. The van der Waals surface area contributed by atoms with Gasteiger partial charge in [-0.15, -0.1) is 0 Å². The van der Waals surface area contributed by atoms with E-state index in [0.717, 1.165) is 0 Å². The van der Waals surface area contributed by atoms with Gasteiger partial charge >= 0.3 is 0 Å². The molecule has 0 amide bonds. The van der Waals surface area contributed by atoms with Crippen molar-refractivity contribution in [3.8, 4) is 11.8 Å². The zero-order valence-electron chi connectivity index (χ0n) is 14.0. The van der Waals surface area contributed by atoms with E-state index in [2.05, 4.69) is 11.8 Å². The summed E-state index contributed by atoms with van der Waals surface area (Å²) in [6.45, 7) is 8.20. The fraction of sp³-hybridized carbons (Fsp3) is 0.611. The monoisotopic (exact) mass is 308 g/mol. The average molecular weight is 308 g/mol. The van der Waals surface area contributed by atoms with Crippen LogP contribution in [-0.2, 0) is 4.79 Å². The maximum Gasteiger partial charge on any atom is 0.162 e. The van der Waals surface area contributed by atoms with E-state index >= 15 is 0 Å². The Bertz CT molecular complexity index is 573. The first-order chi connectivity index (χ1) is 10.1. The number of alkyl halides is 1. The maximum absolute atomic E-state index is 13.8. The van der Waals surface area contributed by atoms with Crippen LogP contribution in [0, 0.1) is 17.3 Å². The van der Waals surface area contributed by atoms with Gasteiger partial charge in [-0.05, 0) is 38.0 Å². The molecule has 0 saturated heterocycles. The largest absolute Gasteiger partial charge is 0.392 e. The molecule has 2 atom stereocenters. The van der Waals surface area contributed by atoms with Gasteiger partial charge in [-0.1, -0.05) is 25.7 Å². The van der Waals surface area contributed by atoms with E-state index in [0.29, 0.717) is 11.1 Å². The summed E-state index contributed by atoms with van der Waals surface area (Å²) < 4.78 is 13.8. The molecule has 3 nitrogen and oxygen atoms in total. The summed E-state index contributed by atoms with van der Waals surface area (Å²) in [6.07, 6.45) is 0.382. The van der Waals surface area contributed by atoms with Crippen LogP contribution in [0.15, 0.2) is 22.8 Å². The third-order valence-electron chi connectivity index (χ3n) is 4.47. The molecule has 0 aromatic heterocycles. The molecule has 0 aliphatic heterocycles. The van der Waals surface area contributed by atoms with E-state index in [1.807, 2.05) is 0 Å². The van der Waals surface area contributed by atoms with Gasteiger partial charge in [0.05, 0.1) is 6.61 Å². The van der Waals surface area contributed by atoms with E-state index in [4.69, 9.17) is 5.11 Å². The zero-order chi connectivity index (χ0) is 17.1. The molecule has 1 rings (SSSR count). The van der Waals surface area contributed by atoms with Crippen molar-refractivity contribution in [2.24, 2.45) is 5.41 Å². The standard InChI is InChI=1S/C18H25FO3/c1-12(8-10-20)7-6-9-18(22)13(2)16(14(3)19)15(21)11-17(18,4)5/h8,14,20,22H,9-11H2,1-5H3/b12-8-.